The molecule has 0 spiro atoms. The van der Waals surface area contributed by atoms with E-state index in [1.807, 2.05) is 24.3 Å². The third-order valence-electron chi connectivity index (χ3n) is 3.45. The summed E-state index contributed by atoms with van der Waals surface area (Å²) in [6, 6.07) is 14.2. The van der Waals surface area contributed by atoms with Crippen LogP contribution in [0.2, 0.25) is 0 Å². The van der Waals surface area contributed by atoms with Gasteiger partial charge in [-0.15, -0.1) is 0 Å². The van der Waals surface area contributed by atoms with Gasteiger partial charge >= 0.3 is 0 Å². The van der Waals surface area contributed by atoms with E-state index in [2.05, 4.69) is 15.6 Å². The fraction of sp³-hybridized carbons (Fsp3) is 0.235. The van der Waals surface area contributed by atoms with E-state index in [1.165, 1.54) is 12.1 Å². The number of guanidine groups is 1. The first-order valence-electron chi connectivity index (χ1n) is 7.43. The van der Waals surface area contributed by atoms with Crippen molar-refractivity contribution in [1.29, 1.82) is 0 Å². The van der Waals surface area contributed by atoms with Crippen molar-refractivity contribution in [3.8, 4) is 5.75 Å². The average Bonchev–Trinajstić information content (AvgIpc) is 2.62. The molecule has 126 valence electrons. The molecule has 24 heavy (non-hydrogen) atoms. The van der Waals surface area contributed by atoms with E-state index in [9.17, 15) is 10.1 Å². The number of nitrogens with one attached hydrogen (secondary N) is 2. The first-order chi connectivity index (χ1) is 11.6. The molecule has 0 saturated carbocycles. The summed E-state index contributed by atoms with van der Waals surface area (Å²) in [5.74, 6) is 1.48. The fourth-order valence-corrected chi connectivity index (χ4v) is 2.07. The number of ether oxygens (including phenoxy) is 1. The molecule has 0 aliphatic heterocycles. The highest BCUT2D eigenvalue weighted by Gasteiger charge is 2.04. The van der Waals surface area contributed by atoms with Crippen molar-refractivity contribution < 1.29 is 9.66 Å². The SMILES string of the molecule is CN=C(NCc1ccc(OC)cc1)NCc1ccc([N+](=O)[O-])cc1. The maximum atomic E-state index is 10.6. The summed E-state index contributed by atoms with van der Waals surface area (Å²) in [7, 11) is 3.33. The van der Waals surface area contributed by atoms with Gasteiger partial charge in [0.05, 0.1) is 12.0 Å². The molecular weight excluding hydrogens is 308 g/mol. The summed E-state index contributed by atoms with van der Waals surface area (Å²) >= 11 is 0. The van der Waals surface area contributed by atoms with Gasteiger partial charge in [0.2, 0.25) is 0 Å². The van der Waals surface area contributed by atoms with Crippen LogP contribution in [0, 0.1) is 10.1 Å². The highest BCUT2D eigenvalue weighted by atomic mass is 16.6. The van der Waals surface area contributed by atoms with Crippen LogP contribution in [0.3, 0.4) is 0 Å². The van der Waals surface area contributed by atoms with Crippen LogP contribution in [-0.4, -0.2) is 25.0 Å². The number of rotatable bonds is 6. The zero-order valence-electron chi connectivity index (χ0n) is 13.7. The second-order valence-electron chi connectivity index (χ2n) is 5.05. The van der Waals surface area contributed by atoms with Crippen LogP contribution < -0.4 is 15.4 Å². The molecule has 2 N–H and O–H groups in total. The van der Waals surface area contributed by atoms with Gasteiger partial charge in [0, 0.05) is 32.3 Å². The second kappa shape index (κ2) is 8.52. The van der Waals surface area contributed by atoms with Crippen molar-refractivity contribution in [2.24, 2.45) is 4.99 Å². The zero-order valence-corrected chi connectivity index (χ0v) is 13.7. The molecule has 0 aliphatic rings. The Labute approximate surface area is 140 Å². The lowest BCUT2D eigenvalue weighted by atomic mass is 10.2. The molecule has 0 saturated heterocycles. The molecule has 0 heterocycles. The monoisotopic (exact) mass is 328 g/mol. The molecule has 7 nitrogen and oxygen atoms in total. The smallest absolute Gasteiger partial charge is 0.269 e. The average molecular weight is 328 g/mol. The number of aliphatic imine (C=N–C) groups is 1. The quantitative estimate of drug-likeness (QED) is 0.368. The molecule has 0 aliphatic carbocycles. The predicted molar refractivity (Wildman–Crippen MR) is 93.1 cm³/mol. The molecule has 0 atom stereocenters. The molecule has 0 bridgehead atoms. The maximum absolute atomic E-state index is 10.6. The highest BCUT2D eigenvalue weighted by molar-refractivity contribution is 5.79. The second-order valence-corrected chi connectivity index (χ2v) is 5.05. The summed E-state index contributed by atoms with van der Waals surface area (Å²) in [6.07, 6.45) is 0. The fourth-order valence-electron chi connectivity index (χ4n) is 2.07. The Morgan fingerprint density at radius 2 is 1.54 bits per heavy atom. The van der Waals surface area contributed by atoms with Gasteiger partial charge in [-0.05, 0) is 23.3 Å². The van der Waals surface area contributed by atoms with Crippen LogP contribution in [0.1, 0.15) is 11.1 Å². The molecule has 2 aromatic carbocycles. The number of methoxy groups -OCH3 is 1. The van der Waals surface area contributed by atoms with Crippen LogP contribution in [0.15, 0.2) is 53.5 Å². The largest absolute Gasteiger partial charge is 0.497 e. The Balaban J connectivity index is 1.84. The topological polar surface area (TPSA) is 88.8 Å². The van der Waals surface area contributed by atoms with E-state index in [0.29, 0.717) is 19.0 Å². The van der Waals surface area contributed by atoms with Gasteiger partial charge in [-0.2, -0.15) is 0 Å². The standard InChI is InChI=1S/C17H20N4O3/c1-18-17(20-12-14-5-9-16(24-2)10-6-14)19-11-13-3-7-15(8-4-13)21(22)23/h3-10H,11-12H2,1-2H3,(H2,18,19,20). The van der Waals surface area contributed by atoms with Crippen molar-refractivity contribution in [1.82, 2.24) is 10.6 Å². The van der Waals surface area contributed by atoms with Crippen LogP contribution in [0.4, 0.5) is 5.69 Å². The van der Waals surface area contributed by atoms with Crippen LogP contribution in [-0.2, 0) is 13.1 Å². The summed E-state index contributed by atoms with van der Waals surface area (Å²) in [5, 5.41) is 17.0. The molecule has 2 rings (SSSR count). The molecule has 0 radical (unpaired) electrons. The Morgan fingerprint density at radius 1 is 1.04 bits per heavy atom. The summed E-state index contributed by atoms with van der Waals surface area (Å²) in [4.78, 5) is 14.4. The van der Waals surface area contributed by atoms with E-state index in [-0.39, 0.29) is 5.69 Å². The number of nitro benzene ring substituents is 1. The van der Waals surface area contributed by atoms with Crippen molar-refractivity contribution in [3.63, 3.8) is 0 Å². The molecule has 0 unspecified atom stereocenters. The number of nitro groups is 1. The van der Waals surface area contributed by atoms with Gasteiger partial charge in [0.1, 0.15) is 5.75 Å². The zero-order chi connectivity index (χ0) is 17.4. The minimum atomic E-state index is -0.410. The van der Waals surface area contributed by atoms with Crippen molar-refractivity contribution >= 4 is 11.6 Å². The number of hydrogen-bond acceptors (Lipinski definition) is 4. The minimum absolute atomic E-state index is 0.0840. The minimum Gasteiger partial charge on any atom is -0.497 e. The van der Waals surface area contributed by atoms with Gasteiger partial charge in [-0.3, -0.25) is 15.1 Å². The van der Waals surface area contributed by atoms with E-state index >= 15 is 0 Å². The van der Waals surface area contributed by atoms with Crippen molar-refractivity contribution in [2.45, 2.75) is 13.1 Å². The van der Waals surface area contributed by atoms with Gasteiger partial charge in [0.15, 0.2) is 5.96 Å². The third-order valence-corrected chi connectivity index (χ3v) is 3.45. The van der Waals surface area contributed by atoms with Crippen LogP contribution >= 0.6 is 0 Å². The molecular formula is C17H20N4O3. The maximum Gasteiger partial charge on any atom is 0.269 e. The molecule has 0 aromatic heterocycles. The van der Waals surface area contributed by atoms with Gasteiger partial charge in [-0.25, -0.2) is 0 Å². The predicted octanol–water partition coefficient (Wildman–Crippen LogP) is 2.47. The Morgan fingerprint density at radius 3 is 1.96 bits per heavy atom. The first-order valence-corrected chi connectivity index (χ1v) is 7.43. The lowest BCUT2D eigenvalue weighted by Gasteiger charge is -2.12. The number of nitrogens with zero attached hydrogens (tertiary/aromatic N) is 2. The number of benzene rings is 2. The van der Waals surface area contributed by atoms with E-state index in [4.69, 9.17) is 4.74 Å². The van der Waals surface area contributed by atoms with E-state index in [0.717, 1.165) is 16.9 Å². The Hall–Kier alpha value is -3.09. The number of non-ortho nitro benzene ring substituents is 1. The molecule has 0 amide bonds. The van der Waals surface area contributed by atoms with Crippen molar-refractivity contribution in [3.05, 3.63) is 69.8 Å². The lowest BCUT2D eigenvalue weighted by molar-refractivity contribution is -0.384. The summed E-state index contributed by atoms with van der Waals surface area (Å²) in [6.45, 7) is 1.16. The summed E-state index contributed by atoms with van der Waals surface area (Å²) < 4.78 is 5.13. The molecule has 7 heteroatoms. The van der Waals surface area contributed by atoms with E-state index < -0.39 is 4.92 Å². The molecule has 2 aromatic rings. The van der Waals surface area contributed by atoms with Crippen molar-refractivity contribution in [2.75, 3.05) is 14.2 Å². The summed E-state index contributed by atoms with van der Waals surface area (Å²) in [5.41, 5.74) is 2.13. The van der Waals surface area contributed by atoms with Crippen LogP contribution in [0.25, 0.3) is 0 Å². The number of hydrogen-bond donors (Lipinski definition) is 2. The van der Waals surface area contributed by atoms with Crippen LogP contribution in [0.5, 0.6) is 5.75 Å². The third kappa shape index (κ3) is 4.98. The van der Waals surface area contributed by atoms with Gasteiger partial charge in [0.25, 0.3) is 5.69 Å². The van der Waals surface area contributed by atoms with E-state index in [1.54, 1.807) is 26.3 Å². The first kappa shape index (κ1) is 17.3. The van der Waals surface area contributed by atoms with Gasteiger partial charge in [-0.1, -0.05) is 24.3 Å². The Bertz CT molecular complexity index is 697. The normalized spacial score (nSPS) is 11.0. The van der Waals surface area contributed by atoms with Gasteiger partial charge < -0.3 is 15.4 Å². The molecule has 0 fully saturated rings. The highest BCUT2D eigenvalue weighted by Crippen LogP contribution is 2.12. The Kier molecular flexibility index (Phi) is 6.13. The lowest BCUT2D eigenvalue weighted by Crippen LogP contribution is -2.36.